The Kier molecular flexibility index (Phi) is 4.70. The molecule has 1 saturated heterocycles. The van der Waals surface area contributed by atoms with Crippen molar-refractivity contribution in [1.82, 2.24) is 24.2 Å². The van der Waals surface area contributed by atoms with Crippen LogP contribution in [0, 0.1) is 5.92 Å². The summed E-state index contributed by atoms with van der Waals surface area (Å²) in [5, 5.41) is 4.74. The lowest BCUT2D eigenvalue weighted by Gasteiger charge is -2.32. The minimum Gasteiger partial charge on any atom is -0.299 e. The Hall–Kier alpha value is -1.95. The SMILES string of the molecule is Cn1nc2c(c1CN1CCC(Cn3cnccc3=O)CC1)CCCC2. The van der Waals surface area contributed by atoms with E-state index < -0.39 is 0 Å². The summed E-state index contributed by atoms with van der Waals surface area (Å²) in [4.78, 5) is 18.5. The van der Waals surface area contributed by atoms with Crippen molar-refractivity contribution in [3.8, 4) is 0 Å². The van der Waals surface area contributed by atoms with Crippen molar-refractivity contribution in [2.24, 2.45) is 13.0 Å². The molecule has 1 aliphatic heterocycles. The Morgan fingerprint density at radius 1 is 1.20 bits per heavy atom. The fraction of sp³-hybridized carbons (Fsp3) is 0.632. The average molecular weight is 341 g/mol. The van der Waals surface area contributed by atoms with E-state index in [4.69, 9.17) is 5.10 Å². The molecule has 3 heterocycles. The maximum absolute atomic E-state index is 11.8. The summed E-state index contributed by atoms with van der Waals surface area (Å²) in [7, 11) is 2.09. The summed E-state index contributed by atoms with van der Waals surface area (Å²) in [5.41, 5.74) is 4.31. The van der Waals surface area contributed by atoms with Gasteiger partial charge in [-0.05, 0) is 63.1 Å². The van der Waals surface area contributed by atoms with Crippen LogP contribution >= 0.6 is 0 Å². The monoisotopic (exact) mass is 341 g/mol. The first-order chi connectivity index (χ1) is 12.2. The second-order valence-electron chi connectivity index (χ2n) is 7.49. The predicted molar refractivity (Wildman–Crippen MR) is 96.3 cm³/mol. The van der Waals surface area contributed by atoms with E-state index in [1.807, 2.05) is 0 Å². The molecule has 0 unspecified atom stereocenters. The number of piperidine rings is 1. The molecule has 4 rings (SSSR count). The van der Waals surface area contributed by atoms with Gasteiger partial charge < -0.3 is 0 Å². The topological polar surface area (TPSA) is 56.0 Å². The van der Waals surface area contributed by atoms with E-state index in [2.05, 4.69) is 21.6 Å². The molecule has 6 nitrogen and oxygen atoms in total. The minimum atomic E-state index is 0.0546. The van der Waals surface area contributed by atoms with Crippen molar-refractivity contribution < 1.29 is 0 Å². The van der Waals surface area contributed by atoms with Crippen LogP contribution in [0.25, 0.3) is 0 Å². The fourth-order valence-electron chi connectivity index (χ4n) is 4.28. The van der Waals surface area contributed by atoms with Crippen LogP contribution in [0.4, 0.5) is 0 Å². The molecule has 0 spiro atoms. The van der Waals surface area contributed by atoms with Gasteiger partial charge in [0.25, 0.3) is 5.56 Å². The highest BCUT2D eigenvalue weighted by Crippen LogP contribution is 2.26. The molecule has 1 aliphatic carbocycles. The second-order valence-corrected chi connectivity index (χ2v) is 7.49. The Labute approximate surface area is 148 Å². The van der Waals surface area contributed by atoms with Crippen molar-refractivity contribution in [2.75, 3.05) is 13.1 Å². The third kappa shape index (κ3) is 3.54. The summed E-state index contributed by atoms with van der Waals surface area (Å²) >= 11 is 0. The molecular weight excluding hydrogens is 314 g/mol. The number of aryl methyl sites for hydroxylation is 2. The molecule has 0 radical (unpaired) electrons. The molecule has 0 bridgehead atoms. The van der Waals surface area contributed by atoms with Crippen LogP contribution in [0.15, 0.2) is 23.4 Å². The van der Waals surface area contributed by atoms with Gasteiger partial charge in [0.15, 0.2) is 0 Å². The largest absolute Gasteiger partial charge is 0.299 e. The average Bonchev–Trinajstić information content (AvgIpc) is 2.94. The lowest BCUT2D eigenvalue weighted by molar-refractivity contribution is 0.162. The van der Waals surface area contributed by atoms with E-state index in [9.17, 15) is 4.79 Å². The lowest BCUT2D eigenvalue weighted by atomic mass is 9.94. The number of rotatable bonds is 4. The molecule has 0 atom stereocenters. The highest BCUT2D eigenvalue weighted by atomic mass is 16.1. The van der Waals surface area contributed by atoms with Gasteiger partial charge >= 0.3 is 0 Å². The molecular formula is C19H27N5O. The van der Waals surface area contributed by atoms with Crippen LogP contribution in [0.1, 0.15) is 42.6 Å². The summed E-state index contributed by atoms with van der Waals surface area (Å²) in [5.74, 6) is 0.568. The minimum absolute atomic E-state index is 0.0546. The zero-order valence-corrected chi connectivity index (χ0v) is 15.0. The molecule has 0 N–H and O–H groups in total. The molecule has 25 heavy (non-hydrogen) atoms. The standard InChI is InChI=1S/C19H27N5O/c1-22-18(16-4-2-3-5-17(16)21-22)13-23-10-7-15(8-11-23)12-24-14-20-9-6-19(24)25/h6,9,14-15H,2-5,7-8,10-13H2,1H3. The van der Waals surface area contributed by atoms with Crippen LogP contribution in [0.3, 0.4) is 0 Å². The van der Waals surface area contributed by atoms with Crippen molar-refractivity contribution in [3.63, 3.8) is 0 Å². The Bertz CT molecular complexity index is 785. The van der Waals surface area contributed by atoms with E-state index in [0.29, 0.717) is 5.92 Å². The van der Waals surface area contributed by atoms with Crippen LogP contribution in [0.2, 0.25) is 0 Å². The van der Waals surface area contributed by atoms with Crippen molar-refractivity contribution >= 4 is 0 Å². The Morgan fingerprint density at radius 3 is 2.80 bits per heavy atom. The number of aromatic nitrogens is 4. The molecule has 0 aromatic carbocycles. The maximum atomic E-state index is 11.8. The normalized spacial score (nSPS) is 19.1. The predicted octanol–water partition coefficient (Wildman–Crippen LogP) is 1.77. The number of hydrogen-bond donors (Lipinski definition) is 0. The number of fused-ring (bicyclic) bond motifs is 1. The van der Waals surface area contributed by atoms with Crippen molar-refractivity contribution in [1.29, 1.82) is 0 Å². The smallest absolute Gasteiger partial charge is 0.253 e. The molecule has 1 fully saturated rings. The summed E-state index contributed by atoms with van der Waals surface area (Å²) < 4.78 is 3.86. The van der Waals surface area contributed by atoms with Gasteiger partial charge in [-0.15, -0.1) is 0 Å². The van der Waals surface area contributed by atoms with Gasteiger partial charge in [-0.25, -0.2) is 4.98 Å². The highest BCUT2D eigenvalue weighted by Gasteiger charge is 2.24. The zero-order valence-electron chi connectivity index (χ0n) is 15.0. The molecule has 2 aliphatic rings. The van der Waals surface area contributed by atoms with Gasteiger partial charge in [0.2, 0.25) is 0 Å². The summed E-state index contributed by atoms with van der Waals surface area (Å²) in [6.07, 6.45) is 10.4. The van der Waals surface area contributed by atoms with Gasteiger partial charge in [-0.3, -0.25) is 18.9 Å². The summed E-state index contributed by atoms with van der Waals surface area (Å²) in [6, 6.07) is 1.54. The molecule has 134 valence electrons. The molecule has 0 amide bonds. The summed E-state index contributed by atoms with van der Waals surface area (Å²) in [6.45, 7) is 4.00. The van der Waals surface area contributed by atoms with E-state index in [-0.39, 0.29) is 5.56 Å². The fourth-order valence-corrected chi connectivity index (χ4v) is 4.28. The molecule has 0 saturated carbocycles. The van der Waals surface area contributed by atoms with Crippen molar-refractivity contribution in [3.05, 3.63) is 45.9 Å². The van der Waals surface area contributed by atoms with Crippen LogP contribution in [-0.4, -0.2) is 37.3 Å². The molecule has 2 aromatic rings. The van der Waals surface area contributed by atoms with E-state index in [1.165, 1.54) is 36.2 Å². The second kappa shape index (κ2) is 7.12. The molecule has 6 heteroatoms. The quantitative estimate of drug-likeness (QED) is 0.850. The van der Waals surface area contributed by atoms with Crippen molar-refractivity contribution in [2.45, 2.75) is 51.6 Å². The third-order valence-electron chi connectivity index (χ3n) is 5.78. The Balaban J connectivity index is 1.36. The van der Waals surface area contributed by atoms with Gasteiger partial charge in [0, 0.05) is 32.4 Å². The van der Waals surface area contributed by atoms with Crippen LogP contribution < -0.4 is 5.56 Å². The third-order valence-corrected chi connectivity index (χ3v) is 5.78. The maximum Gasteiger partial charge on any atom is 0.253 e. The van der Waals surface area contributed by atoms with Gasteiger partial charge in [0.1, 0.15) is 0 Å². The first-order valence-electron chi connectivity index (χ1n) is 9.47. The van der Waals surface area contributed by atoms with Gasteiger partial charge in [0.05, 0.1) is 17.7 Å². The number of nitrogens with zero attached hydrogens (tertiary/aromatic N) is 5. The van der Waals surface area contributed by atoms with E-state index in [0.717, 1.165) is 45.4 Å². The van der Waals surface area contributed by atoms with Crippen LogP contribution in [0.5, 0.6) is 0 Å². The lowest BCUT2D eigenvalue weighted by Crippen LogP contribution is -2.36. The zero-order chi connectivity index (χ0) is 17.2. The van der Waals surface area contributed by atoms with Gasteiger partial charge in [-0.1, -0.05) is 0 Å². The first-order valence-corrected chi connectivity index (χ1v) is 9.47. The number of likely N-dealkylation sites (tertiary alicyclic amines) is 1. The van der Waals surface area contributed by atoms with Crippen LogP contribution in [-0.2, 0) is 33.0 Å². The molecule has 2 aromatic heterocycles. The van der Waals surface area contributed by atoms with Gasteiger partial charge in [-0.2, -0.15) is 5.10 Å². The number of hydrogen-bond acceptors (Lipinski definition) is 4. The van der Waals surface area contributed by atoms with E-state index >= 15 is 0 Å². The Morgan fingerprint density at radius 2 is 2.00 bits per heavy atom. The van der Waals surface area contributed by atoms with E-state index in [1.54, 1.807) is 23.2 Å². The first kappa shape index (κ1) is 16.5. The highest BCUT2D eigenvalue weighted by molar-refractivity contribution is 5.28.